The minimum absolute atomic E-state index is 0.0653. The van der Waals surface area contributed by atoms with E-state index in [9.17, 15) is 9.59 Å². The maximum absolute atomic E-state index is 12.1. The summed E-state index contributed by atoms with van der Waals surface area (Å²) in [7, 11) is 1.55. The molecule has 0 unspecified atom stereocenters. The molecule has 0 aliphatic heterocycles. The van der Waals surface area contributed by atoms with Crippen LogP contribution in [0.5, 0.6) is 0 Å². The van der Waals surface area contributed by atoms with Gasteiger partial charge < -0.3 is 5.32 Å². The van der Waals surface area contributed by atoms with Crippen molar-refractivity contribution in [2.45, 2.75) is 26.3 Å². The Balaban J connectivity index is 2.00. The van der Waals surface area contributed by atoms with Gasteiger partial charge in [0.2, 0.25) is 11.9 Å². The Kier molecular flexibility index (Phi) is 4.69. The molecule has 2 amide bonds. The number of carbonyl (C=O) groups excluding carboxylic acids is 2. The molecule has 2 heterocycles. The second-order valence-electron chi connectivity index (χ2n) is 4.75. The average Bonchev–Trinajstić information content (AvgIpc) is 3.07. The van der Waals surface area contributed by atoms with Gasteiger partial charge in [0.25, 0.3) is 5.91 Å². The van der Waals surface area contributed by atoms with Crippen molar-refractivity contribution in [2.24, 2.45) is 0 Å². The number of aromatic nitrogens is 3. The summed E-state index contributed by atoms with van der Waals surface area (Å²) in [5, 5.41) is 9.13. The molecule has 2 aromatic rings. The van der Waals surface area contributed by atoms with E-state index in [1.807, 2.05) is 6.07 Å². The zero-order chi connectivity index (χ0) is 15.4. The van der Waals surface area contributed by atoms with E-state index in [1.165, 1.54) is 22.3 Å². The molecule has 0 radical (unpaired) electrons. The fraction of sp³-hybridized carbons (Fsp3) is 0.385. The van der Waals surface area contributed by atoms with Gasteiger partial charge in [-0.2, -0.15) is 0 Å². The second kappa shape index (κ2) is 6.49. The summed E-state index contributed by atoms with van der Waals surface area (Å²) >= 11 is 1.45. The number of carbonyl (C=O) groups is 2. The molecule has 0 aromatic carbocycles. The third-order valence-corrected chi connectivity index (χ3v) is 4.15. The Bertz CT molecular complexity index is 647. The van der Waals surface area contributed by atoms with Gasteiger partial charge in [-0.15, -0.1) is 16.4 Å². The van der Waals surface area contributed by atoms with Crippen molar-refractivity contribution in [3.8, 4) is 0 Å². The summed E-state index contributed by atoms with van der Waals surface area (Å²) in [6, 6.07) is 3.73. The van der Waals surface area contributed by atoms with E-state index in [-0.39, 0.29) is 24.3 Å². The molecular weight excluding hydrogens is 290 g/mol. The smallest absolute Gasteiger partial charge is 0.268 e. The summed E-state index contributed by atoms with van der Waals surface area (Å²) in [6.45, 7) is 4.22. The molecule has 21 heavy (non-hydrogen) atoms. The zero-order valence-electron chi connectivity index (χ0n) is 12.1. The maximum Gasteiger partial charge on any atom is 0.268 e. The quantitative estimate of drug-likeness (QED) is 0.875. The number of nitrogens with one attached hydrogen (secondary N) is 2. The van der Waals surface area contributed by atoms with Gasteiger partial charge in [0.05, 0.1) is 4.88 Å². The standard InChI is InChI=1S/C13H17N5O2S/c1-8(2)9-4-5-10(21-9)12(20)16-13-15-7-18(17-13)6-11(19)14-3/h4-5,7-8H,6H2,1-3H3,(H,14,19)(H,16,17,20). The Morgan fingerprint density at radius 3 is 2.76 bits per heavy atom. The summed E-state index contributed by atoms with van der Waals surface area (Å²) in [4.78, 5) is 29.0. The van der Waals surface area contributed by atoms with E-state index in [1.54, 1.807) is 13.1 Å². The third-order valence-electron chi connectivity index (χ3n) is 2.77. The Morgan fingerprint density at radius 2 is 2.14 bits per heavy atom. The predicted octanol–water partition coefficient (Wildman–Crippen LogP) is 1.46. The topological polar surface area (TPSA) is 88.9 Å². The van der Waals surface area contributed by atoms with Crippen molar-refractivity contribution in [1.29, 1.82) is 0 Å². The van der Waals surface area contributed by atoms with E-state index in [2.05, 4.69) is 34.6 Å². The molecule has 0 atom stereocenters. The van der Waals surface area contributed by atoms with Crippen molar-refractivity contribution >= 4 is 29.1 Å². The molecule has 0 spiro atoms. The second-order valence-corrected chi connectivity index (χ2v) is 5.87. The normalized spacial score (nSPS) is 10.7. The fourth-order valence-electron chi connectivity index (χ4n) is 1.60. The number of hydrogen-bond acceptors (Lipinski definition) is 5. The van der Waals surface area contributed by atoms with Gasteiger partial charge >= 0.3 is 0 Å². The number of hydrogen-bond donors (Lipinski definition) is 2. The summed E-state index contributed by atoms with van der Waals surface area (Å²) < 4.78 is 1.36. The summed E-state index contributed by atoms with van der Waals surface area (Å²) in [5.74, 6) is 0.145. The third kappa shape index (κ3) is 3.88. The van der Waals surface area contributed by atoms with Crippen molar-refractivity contribution < 1.29 is 9.59 Å². The molecule has 112 valence electrons. The minimum atomic E-state index is -0.246. The number of amides is 2. The highest BCUT2D eigenvalue weighted by molar-refractivity contribution is 7.14. The number of nitrogens with zero attached hydrogens (tertiary/aromatic N) is 3. The van der Waals surface area contributed by atoms with Crippen molar-refractivity contribution in [3.63, 3.8) is 0 Å². The lowest BCUT2D eigenvalue weighted by molar-refractivity contribution is -0.121. The maximum atomic E-state index is 12.1. The van der Waals surface area contributed by atoms with E-state index in [0.29, 0.717) is 10.8 Å². The molecule has 0 fully saturated rings. The van der Waals surface area contributed by atoms with Crippen molar-refractivity contribution in [1.82, 2.24) is 20.1 Å². The lowest BCUT2D eigenvalue weighted by atomic mass is 10.2. The van der Waals surface area contributed by atoms with Crippen LogP contribution in [0.4, 0.5) is 5.95 Å². The first-order valence-corrected chi connectivity index (χ1v) is 7.32. The van der Waals surface area contributed by atoms with Gasteiger partial charge in [-0.1, -0.05) is 13.8 Å². The highest BCUT2D eigenvalue weighted by Crippen LogP contribution is 2.24. The molecule has 8 heteroatoms. The van der Waals surface area contributed by atoms with E-state index < -0.39 is 0 Å². The number of thiophene rings is 1. The molecular formula is C13H17N5O2S. The molecule has 2 aromatic heterocycles. The lowest BCUT2D eigenvalue weighted by Crippen LogP contribution is -2.23. The molecule has 0 aliphatic carbocycles. The van der Waals surface area contributed by atoms with Gasteiger partial charge in [0.1, 0.15) is 12.9 Å². The largest absolute Gasteiger partial charge is 0.358 e. The van der Waals surface area contributed by atoms with Crippen molar-refractivity contribution in [2.75, 3.05) is 12.4 Å². The Morgan fingerprint density at radius 1 is 1.38 bits per heavy atom. The fourth-order valence-corrected chi connectivity index (χ4v) is 2.51. The first-order valence-electron chi connectivity index (χ1n) is 6.50. The highest BCUT2D eigenvalue weighted by Gasteiger charge is 2.13. The van der Waals surface area contributed by atoms with E-state index in [4.69, 9.17) is 0 Å². The van der Waals surface area contributed by atoms with Crippen LogP contribution in [-0.2, 0) is 11.3 Å². The SMILES string of the molecule is CNC(=O)Cn1cnc(NC(=O)c2ccc(C(C)C)s2)n1. The van der Waals surface area contributed by atoms with Gasteiger partial charge in [-0.3, -0.25) is 14.9 Å². The molecule has 0 aliphatic rings. The number of rotatable bonds is 5. The molecule has 0 bridgehead atoms. The zero-order valence-corrected chi connectivity index (χ0v) is 12.9. The van der Waals surface area contributed by atoms with E-state index in [0.717, 1.165) is 4.88 Å². The molecule has 0 saturated carbocycles. The van der Waals surface area contributed by atoms with Crippen LogP contribution < -0.4 is 10.6 Å². The van der Waals surface area contributed by atoms with Crippen LogP contribution in [0.25, 0.3) is 0 Å². The first-order chi connectivity index (χ1) is 9.99. The van der Waals surface area contributed by atoms with Crippen molar-refractivity contribution in [3.05, 3.63) is 28.2 Å². The van der Waals surface area contributed by atoms with Crippen LogP contribution in [0.15, 0.2) is 18.5 Å². The van der Waals surface area contributed by atoms with Crippen LogP contribution in [0, 0.1) is 0 Å². The molecule has 2 N–H and O–H groups in total. The first kappa shape index (κ1) is 15.2. The van der Waals surface area contributed by atoms with Crippen LogP contribution in [-0.4, -0.2) is 33.6 Å². The van der Waals surface area contributed by atoms with Gasteiger partial charge in [-0.05, 0) is 18.1 Å². The van der Waals surface area contributed by atoms with Gasteiger partial charge in [0.15, 0.2) is 0 Å². The monoisotopic (exact) mass is 307 g/mol. The van der Waals surface area contributed by atoms with E-state index >= 15 is 0 Å². The molecule has 7 nitrogen and oxygen atoms in total. The highest BCUT2D eigenvalue weighted by atomic mass is 32.1. The molecule has 0 saturated heterocycles. The Labute approximate surface area is 126 Å². The van der Waals surface area contributed by atoms with Crippen LogP contribution in [0.3, 0.4) is 0 Å². The average molecular weight is 307 g/mol. The summed E-state index contributed by atoms with van der Waals surface area (Å²) in [5.41, 5.74) is 0. The van der Waals surface area contributed by atoms with Crippen LogP contribution in [0.1, 0.15) is 34.3 Å². The lowest BCUT2D eigenvalue weighted by Gasteiger charge is -2.00. The van der Waals surface area contributed by atoms with Gasteiger partial charge in [0, 0.05) is 11.9 Å². The van der Waals surface area contributed by atoms with Crippen LogP contribution >= 0.6 is 11.3 Å². The minimum Gasteiger partial charge on any atom is -0.358 e. The van der Waals surface area contributed by atoms with Crippen LogP contribution in [0.2, 0.25) is 0 Å². The van der Waals surface area contributed by atoms with Gasteiger partial charge in [-0.25, -0.2) is 9.67 Å². The Hall–Kier alpha value is -2.22. The molecule has 2 rings (SSSR count). The predicted molar refractivity (Wildman–Crippen MR) is 80.4 cm³/mol. The number of likely N-dealkylation sites (N-methyl/N-ethyl adjacent to an activating group) is 1. The summed E-state index contributed by atoms with van der Waals surface area (Å²) in [6.07, 6.45) is 1.40. The number of anilines is 1.